The highest BCUT2D eigenvalue weighted by molar-refractivity contribution is 5.26. The third-order valence-corrected chi connectivity index (χ3v) is 3.67. The van der Waals surface area contributed by atoms with Gasteiger partial charge in [0.05, 0.1) is 0 Å². The Morgan fingerprint density at radius 1 is 1.33 bits per heavy atom. The number of allylic oxidation sites excluding steroid dienone is 1. The summed E-state index contributed by atoms with van der Waals surface area (Å²) in [7, 11) is 1.98. The second-order valence-corrected chi connectivity index (χ2v) is 5.57. The third-order valence-electron chi connectivity index (χ3n) is 3.67. The van der Waals surface area contributed by atoms with Crippen LogP contribution in [0.5, 0.6) is 0 Å². The van der Waals surface area contributed by atoms with Crippen LogP contribution in [0, 0.1) is 5.82 Å². The van der Waals surface area contributed by atoms with E-state index in [4.69, 9.17) is 0 Å². The van der Waals surface area contributed by atoms with Crippen LogP contribution in [0.15, 0.2) is 36.4 Å². The maximum Gasteiger partial charge on any atom is 0.123 e. The Hall–Kier alpha value is -1.15. The Labute approximate surface area is 110 Å². The summed E-state index contributed by atoms with van der Waals surface area (Å²) in [6, 6.07) is 7.16. The molecule has 0 spiro atoms. The van der Waals surface area contributed by atoms with Gasteiger partial charge in [0.15, 0.2) is 0 Å². The minimum Gasteiger partial charge on any atom is -0.316 e. The molecule has 0 bridgehead atoms. The van der Waals surface area contributed by atoms with Crippen LogP contribution in [-0.4, -0.2) is 13.1 Å². The van der Waals surface area contributed by atoms with E-state index in [1.165, 1.54) is 17.7 Å². The molecule has 0 saturated heterocycles. The van der Waals surface area contributed by atoms with Crippen molar-refractivity contribution in [3.8, 4) is 0 Å². The highest BCUT2D eigenvalue weighted by Gasteiger charge is 2.29. The van der Waals surface area contributed by atoms with Crippen LogP contribution in [0.25, 0.3) is 0 Å². The van der Waals surface area contributed by atoms with Crippen molar-refractivity contribution in [3.63, 3.8) is 0 Å². The summed E-state index contributed by atoms with van der Waals surface area (Å²) in [6.45, 7) is 10.4. The van der Waals surface area contributed by atoms with Gasteiger partial charge in [0.25, 0.3) is 0 Å². The standard InChI is InChI=1S/C16H24FN/c1-12(2)6-11-15(18-5)16(3,4)13-7-9-14(17)10-8-13/h7-10,15,18H,1,6,11H2,2-5H3. The molecule has 1 nitrogen and oxygen atoms in total. The van der Waals surface area contributed by atoms with Gasteiger partial charge >= 0.3 is 0 Å². The molecule has 0 aliphatic carbocycles. The van der Waals surface area contributed by atoms with E-state index < -0.39 is 0 Å². The summed E-state index contributed by atoms with van der Waals surface area (Å²) in [5.74, 6) is -0.183. The molecule has 1 aromatic rings. The predicted molar refractivity (Wildman–Crippen MR) is 76.3 cm³/mol. The summed E-state index contributed by atoms with van der Waals surface area (Å²) in [5, 5.41) is 3.38. The van der Waals surface area contributed by atoms with Crippen molar-refractivity contribution in [2.75, 3.05) is 7.05 Å². The number of hydrogen-bond acceptors (Lipinski definition) is 1. The molecule has 0 heterocycles. The summed E-state index contributed by atoms with van der Waals surface area (Å²) in [6.07, 6.45) is 2.05. The van der Waals surface area contributed by atoms with Gasteiger partial charge in [-0.15, -0.1) is 6.58 Å². The number of halogens is 1. The van der Waals surface area contributed by atoms with Crippen LogP contribution in [-0.2, 0) is 5.41 Å². The average molecular weight is 249 g/mol. The number of hydrogen-bond donors (Lipinski definition) is 1. The maximum absolute atomic E-state index is 13.0. The monoisotopic (exact) mass is 249 g/mol. The molecule has 18 heavy (non-hydrogen) atoms. The highest BCUT2D eigenvalue weighted by atomic mass is 19.1. The van der Waals surface area contributed by atoms with Gasteiger partial charge in [-0.1, -0.05) is 31.6 Å². The third kappa shape index (κ3) is 3.67. The van der Waals surface area contributed by atoms with Crippen LogP contribution in [0.2, 0.25) is 0 Å². The molecule has 0 radical (unpaired) electrons. The minimum absolute atomic E-state index is 0.0299. The van der Waals surface area contributed by atoms with Gasteiger partial charge in [-0.2, -0.15) is 0 Å². The van der Waals surface area contributed by atoms with Crippen molar-refractivity contribution in [3.05, 3.63) is 47.8 Å². The Balaban J connectivity index is 2.87. The molecule has 0 aliphatic heterocycles. The van der Waals surface area contributed by atoms with E-state index in [-0.39, 0.29) is 11.2 Å². The lowest BCUT2D eigenvalue weighted by atomic mass is 9.75. The fourth-order valence-electron chi connectivity index (χ4n) is 2.34. The van der Waals surface area contributed by atoms with E-state index in [1.807, 2.05) is 19.2 Å². The van der Waals surface area contributed by atoms with Crippen molar-refractivity contribution in [2.45, 2.75) is 45.1 Å². The van der Waals surface area contributed by atoms with Gasteiger partial charge in [0.2, 0.25) is 0 Å². The molecule has 0 fully saturated rings. The molecule has 1 atom stereocenters. The van der Waals surface area contributed by atoms with Gasteiger partial charge in [0.1, 0.15) is 5.82 Å². The lowest BCUT2D eigenvalue weighted by Crippen LogP contribution is -2.43. The molecule has 0 amide bonds. The molecule has 0 aromatic heterocycles. The molecule has 0 aliphatic rings. The zero-order valence-electron chi connectivity index (χ0n) is 11.9. The van der Waals surface area contributed by atoms with Gasteiger partial charge in [-0.3, -0.25) is 0 Å². The van der Waals surface area contributed by atoms with E-state index in [0.717, 1.165) is 18.4 Å². The SMILES string of the molecule is C=C(C)CCC(NC)C(C)(C)c1ccc(F)cc1. The molecule has 1 rings (SSSR count). The topological polar surface area (TPSA) is 12.0 Å². The molecule has 0 saturated carbocycles. The summed E-state index contributed by atoms with van der Waals surface area (Å²) < 4.78 is 13.0. The molecule has 1 unspecified atom stereocenters. The molecular weight excluding hydrogens is 225 g/mol. The van der Waals surface area contributed by atoms with Gasteiger partial charge in [0, 0.05) is 11.5 Å². The predicted octanol–water partition coefficient (Wildman–Crippen LogP) is 4.05. The molecule has 100 valence electrons. The van der Waals surface area contributed by atoms with Crippen LogP contribution >= 0.6 is 0 Å². The van der Waals surface area contributed by atoms with Gasteiger partial charge in [-0.25, -0.2) is 4.39 Å². The van der Waals surface area contributed by atoms with Crippen molar-refractivity contribution in [1.29, 1.82) is 0 Å². The number of rotatable bonds is 6. The van der Waals surface area contributed by atoms with Gasteiger partial charge < -0.3 is 5.32 Å². The molecular formula is C16H24FN. The molecule has 1 aromatic carbocycles. The summed E-state index contributed by atoms with van der Waals surface area (Å²) in [4.78, 5) is 0. The Morgan fingerprint density at radius 3 is 2.33 bits per heavy atom. The van der Waals surface area contributed by atoms with Crippen molar-refractivity contribution in [1.82, 2.24) is 5.32 Å². The fourth-order valence-corrected chi connectivity index (χ4v) is 2.34. The normalized spacial score (nSPS) is 13.4. The summed E-state index contributed by atoms with van der Waals surface area (Å²) in [5.41, 5.74) is 2.33. The largest absolute Gasteiger partial charge is 0.316 e. The number of likely N-dealkylation sites (N-methyl/N-ethyl adjacent to an activating group) is 1. The quantitative estimate of drug-likeness (QED) is 0.750. The lowest BCUT2D eigenvalue weighted by molar-refractivity contribution is 0.340. The smallest absolute Gasteiger partial charge is 0.123 e. The lowest BCUT2D eigenvalue weighted by Gasteiger charge is -2.35. The van der Waals surface area contributed by atoms with Crippen LogP contribution in [0.1, 0.15) is 39.2 Å². The first-order valence-corrected chi connectivity index (χ1v) is 6.45. The maximum atomic E-state index is 13.0. The van der Waals surface area contributed by atoms with E-state index in [2.05, 4.69) is 32.7 Å². The first kappa shape index (κ1) is 14.9. The van der Waals surface area contributed by atoms with Gasteiger partial charge in [-0.05, 0) is 44.5 Å². The van der Waals surface area contributed by atoms with Crippen LogP contribution in [0.4, 0.5) is 4.39 Å². The zero-order chi connectivity index (χ0) is 13.8. The minimum atomic E-state index is -0.183. The van der Waals surface area contributed by atoms with E-state index in [0.29, 0.717) is 6.04 Å². The second kappa shape index (κ2) is 6.14. The van der Waals surface area contributed by atoms with Crippen molar-refractivity contribution < 1.29 is 4.39 Å². The molecule has 1 N–H and O–H groups in total. The van der Waals surface area contributed by atoms with E-state index in [1.54, 1.807) is 0 Å². The van der Waals surface area contributed by atoms with Crippen molar-refractivity contribution in [2.24, 2.45) is 0 Å². The van der Waals surface area contributed by atoms with E-state index >= 15 is 0 Å². The average Bonchev–Trinajstić information content (AvgIpc) is 2.29. The number of nitrogens with one attached hydrogen (secondary N) is 1. The Morgan fingerprint density at radius 2 is 1.89 bits per heavy atom. The first-order chi connectivity index (χ1) is 8.37. The van der Waals surface area contributed by atoms with Crippen molar-refractivity contribution >= 4 is 0 Å². The Kier molecular flexibility index (Phi) is 5.09. The number of benzene rings is 1. The zero-order valence-corrected chi connectivity index (χ0v) is 11.9. The first-order valence-electron chi connectivity index (χ1n) is 6.45. The van der Waals surface area contributed by atoms with Crippen LogP contribution < -0.4 is 5.32 Å². The summed E-state index contributed by atoms with van der Waals surface area (Å²) >= 11 is 0. The fraction of sp³-hybridized carbons (Fsp3) is 0.500. The van der Waals surface area contributed by atoms with E-state index in [9.17, 15) is 4.39 Å². The second-order valence-electron chi connectivity index (χ2n) is 5.57. The highest BCUT2D eigenvalue weighted by Crippen LogP contribution is 2.30. The van der Waals surface area contributed by atoms with Crippen LogP contribution in [0.3, 0.4) is 0 Å². The Bertz CT molecular complexity index is 392. The molecule has 2 heteroatoms.